The second-order valence-corrected chi connectivity index (χ2v) is 9.78. The van der Waals surface area contributed by atoms with Gasteiger partial charge in [-0.25, -0.2) is 0 Å². The van der Waals surface area contributed by atoms with E-state index >= 15 is 0 Å². The van der Waals surface area contributed by atoms with Crippen LogP contribution in [0.25, 0.3) is 0 Å². The van der Waals surface area contributed by atoms with Gasteiger partial charge in [0.25, 0.3) is 0 Å². The van der Waals surface area contributed by atoms with Crippen LogP contribution in [-0.4, -0.2) is 33.3 Å². The smallest absolute Gasteiger partial charge is 0.235 e. The first-order chi connectivity index (χ1) is 13.9. The summed E-state index contributed by atoms with van der Waals surface area (Å²) in [6, 6.07) is 18.3. The molecule has 0 saturated carbocycles. The van der Waals surface area contributed by atoms with Crippen molar-refractivity contribution in [3.05, 3.63) is 65.7 Å². The standard InChI is InChI=1S/C22H26N4OS2/c1-15(2)18-10-12-19(13-11-18)23-21-24-25-22(29-21)28-16(3)20(27)26(4)14-17-8-6-5-7-9-17/h5-13,15-16H,14H2,1-4H3,(H,23,24)/t16-/m0/s1. The van der Waals surface area contributed by atoms with Crippen LogP contribution in [0, 0.1) is 0 Å². The summed E-state index contributed by atoms with van der Waals surface area (Å²) >= 11 is 2.90. The number of hydrogen-bond acceptors (Lipinski definition) is 6. The van der Waals surface area contributed by atoms with Crippen molar-refractivity contribution in [1.29, 1.82) is 0 Å². The molecule has 7 heteroatoms. The highest BCUT2D eigenvalue weighted by molar-refractivity contribution is 8.02. The number of anilines is 2. The summed E-state index contributed by atoms with van der Waals surface area (Å²) in [7, 11) is 1.83. The van der Waals surface area contributed by atoms with Crippen molar-refractivity contribution in [2.24, 2.45) is 0 Å². The van der Waals surface area contributed by atoms with Crippen molar-refractivity contribution in [3.63, 3.8) is 0 Å². The molecule has 2 aromatic carbocycles. The SMILES string of the molecule is CC(C)c1ccc(Nc2nnc(S[C@@H](C)C(=O)N(C)Cc3ccccc3)s2)cc1. The van der Waals surface area contributed by atoms with E-state index in [0.717, 1.165) is 20.7 Å². The maximum absolute atomic E-state index is 12.7. The van der Waals surface area contributed by atoms with E-state index in [2.05, 4.69) is 41.5 Å². The fourth-order valence-electron chi connectivity index (χ4n) is 2.83. The zero-order valence-corrected chi connectivity index (χ0v) is 18.8. The lowest BCUT2D eigenvalue weighted by Crippen LogP contribution is -2.32. The second kappa shape index (κ2) is 9.89. The van der Waals surface area contributed by atoms with Gasteiger partial charge in [0.2, 0.25) is 11.0 Å². The molecule has 0 aliphatic heterocycles. The van der Waals surface area contributed by atoms with Crippen molar-refractivity contribution >= 4 is 39.8 Å². The topological polar surface area (TPSA) is 58.1 Å². The molecule has 0 aliphatic rings. The molecule has 0 unspecified atom stereocenters. The number of nitrogens with zero attached hydrogens (tertiary/aromatic N) is 3. The van der Waals surface area contributed by atoms with Gasteiger partial charge in [-0.1, -0.05) is 79.4 Å². The molecule has 1 heterocycles. The van der Waals surface area contributed by atoms with E-state index in [1.807, 2.05) is 56.4 Å². The lowest BCUT2D eigenvalue weighted by Gasteiger charge is -2.20. The summed E-state index contributed by atoms with van der Waals surface area (Å²) in [4.78, 5) is 14.4. The minimum atomic E-state index is -0.227. The highest BCUT2D eigenvalue weighted by Crippen LogP contribution is 2.31. The predicted octanol–water partition coefficient (Wildman–Crippen LogP) is 5.54. The van der Waals surface area contributed by atoms with Crippen LogP contribution in [0.4, 0.5) is 10.8 Å². The molecule has 1 atom stereocenters. The zero-order chi connectivity index (χ0) is 20.8. The molecule has 0 fully saturated rings. The molecule has 1 N–H and O–H groups in total. The van der Waals surface area contributed by atoms with Crippen molar-refractivity contribution < 1.29 is 4.79 Å². The monoisotopic (exact) mass is 426 g/mol. The molecule has 152 valence electrons. The molecular formula is C22H26N4OS2. The molecule has 0 radical (unpaired) electrons. The molecule has 0 spiro atoms. The molecule has 0 bridgehead atoms. The molecule has 5 nitrogen and oxygen atoms in total. The largest absolute Gasteiger partial charge is 0.340 e. The summed E-state index contributed by atoms with van der Waals surface area (Å²) in [6.45, 7) is 6.86. The van der Waals surface area contributed by atoms with Crippen molar-refractivity contribution in [2.45, 2.75) is 42.8 Å². The minimum Gasteiger partial charge on any atom is -0.340 e. The van der Waals surface area contributed by atoms with E-state index < -0.39 is 0 Å². The van der Waals surface area contributed by atoms with Crippen LogP contribution in [0.3, 0.4) is 0 Å². The summed E-state index contributed by atoms with van der Waals surface area (Å²) in [5, 5.41) is 12.2. The number of hydrogen-bond donors (Lipinski definition) is 1. The lowest BCUT2D eigenvalue weighted by atomic mass is 10.0. The predicted molar refractivity (Wildman–Crippen MR) is 122 cm³/mol. The van der Waals surface area contributed by atoms with Gasteiger partial charge in [0.15, 0.2) is 4.34 Å². The Labute approximate surface area is 180 Å². The molecule has 3 rings (SSSR count). The average molecular weight is 427 g/mol. The van der Waals surface area contributed by atoms with Crippen LogP contribution in [0.15, 0.2) is 58.9 Å². The van der Waals surface area contributed by atoms with E-state index in [9.17, 15) is 4.79 Å². The summed E-state index contributed by atoms with van der Waals surface area (Å²) in [6.07, 6.45) is 0. The number of thioether (sulfide) groups is 1. The number of carbonyl (C=O) groups excluding carboxylic acids is 1. The maximum atomic E-state index is 12.7. The Bertz CT molecular complexity index is 926. The summed E-state index contributed by atoms with van der Waals surface area (Å²) in [5.74, 6) is 0.584. The Morgan fingerprint density at radius 1 is 1.07 bits per heavy atom. The van der Waals surface area contributed by atoms with E-state index in [0.29, 0.717) is 12.5 Å². The van der Waals surface area contributed by atoms with Gasteiger partial charge in [0.1, 0.15) is 0 Å². The van der Waals surface area contributed by atoms with Gasteiger partial charge in [-0.05, 0) is 36.1 Å². The van der Waals surface area contributed by atoms with Crippen molar-refractivity contribution in [3.8, 4) is 0 Å². The van der Waals surface area contributed by atoms with Crippen LogP contribution in [0.5, 0.6) is 0 Å². The van der Waals surface area contributed by atoms with E-state index in [1.54, 1.807) is 4.90 Å². The number of nitrogens with one attached hydrogen (secondary N) is 1. The molecule has 29 heavy (non-hydrogen) atoms. The number of rotatable bonds is 8. The van der Waals surface area contributed by atoms with Gasteiger partial charge in [0.05, 0.1) is 5.25 Å². The van der Waals surface area contributed by atoms with Crippen LogP contribution in [0.1, 0.15) is 37.8 Å². The Morgan fingerprint density at radius 3 is 2.41 bits per heavy atom. The third-order valence-electron chi connectivity index (χ3n) is 4.50. The van der Waals surface area contributed by atoms with Crippen molar-refractivity contribution in [2.75, 3.05) is 12.4 Å². The first-order valence-corrected chi connectivity index (χ1v) is 11.3. The van der Waals surface area contributed by atoms with Gasteiger partial charge in [-0.3, -0.25) is 4.79 Å². The number of benzene rings is 2. The maximum Gasteiger partial charge on any atom is 0.235 e. The van der Waals surface area contributed by atoms with Crippen LogP contribution >= 0.6 is 23.1 Å². The molecule has 0 saturated heterocycles. The Morgan fingerprint density at radius 2 is 1.76 bits per heavy atom. The van der Waals surface area contributed by atoms with Gasteiger partial charge < -0.3 is 10.2 Å². The summed E-state index contributed by atoms with van der Waals surface area (Å²) < 4.78 is 0.778. The van der Waals surface area contributed by atoms with Crippen LogP contribution < -0.4 is 5.32 Å². The normalized spacial score (nSPS) is 12.0. The van der Waals surface area contributed by atoms with Crippen molar-refractivity contribution in [1.82, 2.24) is 15.1 Å². The molecular weight excluding hydrogens is 400 g/mol. The van der Waals surface area contributed by atoms with Gasteiger partial charge in [0, 0.05) is 19.3 Å². The van der Waals surface area contributed by atoms with E-state index in [1.165, 1.54) is 28.7 Å². The minimum absolute atomic E-state index is 0.0767. The van der Waals surface area contributed by atoms with E-state index in [4.69, 9.17) is 0 Å². The Kier molecular flexibility index (Phi) is 7.28. The fourth-order valence-corrected chi connectivity index (χ4v) is 4.86. The molecule has 1 aromatic heterocycles. The number of aromatic nitrogens is 2. The first-order valence-electron chi connectivity index (χ1n) is 9.58. The van der Waals surface area contributed by atoms with Gasteiger partial charge in [-0.2, -0.15) is 0 Å². The quantitative estimate of drug-likeness (QED) is 0.479. The highest BCUT2D eigenvalue weighted by Gasteiger charge is 2.21. The fraction of sp³-hybridized carbons (Fsp3) is 0.318. The third kappa shape index (κ3) is 6.05. The lowest BCUT2D eigenvalue weighted by molar-refractivity contribution is -0.129. The Hall–Kier alpha value is -2.38. The molecule has 1 amide bonds. The summed E-state index contributed by atoms with van der Waals surface area (Å²) in [5.41, 5.74) is 3.40. The first kappa shape index (κ1) is 21.3. The molecule has 0 aliphatic carbocycles. The van der Waals surface area contributed by atoms with Gasteiger partial charge in [-0.15, -0.1) is 10.2 Å². The highest BCUT2D eigenvalue weighted by atomic mass is 32.2. The number of carbonyl (C=O) groups is 1. The van der Waals surface area contributed by atoms with Gasteiger partial charge >= 0.3 is 0 Å². The van der Waals surface area contributed by atoms with E-state index in [-0.39, 0.29) is 11.2 Å². The second-order valence-electron chi connectivity index (χ2n) is 7.21. The van der Waals surface area contributed by atoms with Crippen LogP contribution in [-0.2, 0) is 11.3 Å². The zero-order valence-electron chi connectivity index (χ0n) is 17.1. The van der Waals surface area contributed by atoms with Crippen LogP contribution in [0.2, 0.25) is 0 Å². The molecule has 3 aromatic rings. The number of amides is 1. The Balaban J connectivity index is 1.55. The average Bonchev–Trinajstić information content (AvgIpc) is 3.15. The third-order valence-corrected chi connectivity index (χ3v) is 6.51.